The van der Waals surface area contributed by atoms with Gasteiger partial charge in [0.2, 0.25) is 0 Å². The van der Waals surface area contributed by atoms with Crippen LogP contribution in [-0.2, 0) is 13.0 Å². The van der Waals surface area contributed by atoms with Gasteiger partial charge in [0, 0.05) is 29.6 Å². The molecular weight excluding hydrogens is 364 g/mol. The number of piperidine rings is 1. The number of benzene rings is 1. The van der Waals surface area contributed by atoms with Crippen molar-refractivity contribution in [1.82, 2.24) is 4.90 Å². The topological polar surface area (TPSA) is 16.4 Å². The molecule has 4 heteroatoms. The number of ether oxygens (including phenoxy) is 1. The van der Waals surface area contributed by atoms with Gasteiger partial charge in [0.05, 0.1) is 17.6 Å². The molecule has 1 saturated heterocycles. The molecule has 0 saturated carbocycles. The van der Waals surface area contributed by atoms with Gasteiger partial charge >= 0.3 is 0 Å². The molecule has 0 spiro atoms. The third-order valence-electron chi connectivity index (χ3n) is 6.16. The SMILES string of the molecule is c1csc(-c2c[n+]3c(c4cc(OCCCN5CCCCC5)ccc24)CCC3)c1. The Morgan fingerprint density at radius 3 is 2.82 bits per heavy atom. The smallest absolute Gasteiger partial charge is 0.189 e. The summed E-state index contributed by atoms with van der Waals surface area (Å²) < 4.78 is 8.62. The lowest BCUT2D eigenvalue weighted by Gasteiger charge is -2.26. The summed E-state index contributed by atoms with van der Waals surface area (Å²) in [5, 5.41) is 4.90. The zero-order valence-corrected chi connectivity index (χ0v) is 17.3. The van der Waals surface area contributed by atoms with E-state index in [1.54, 1.807) is 0 Å². The third-order valence-corrected chi connectivity index (χ3v) is 7.06. The van der Waals surface area contributed by atoms with Gasteiger partial charge in [-0.1, -0.05) is 12.5 Å². The van der Waals surface area contributed by atoms with E-state index >= 15 is 0 Å². The first-order valence-electron chi connectivity index (χ1n) is 10.8. The first kappa shape index (κ1) is 18.1. The van der Waals surface area contributed by atoms with Crippen molar-refractivity contribution < 1.29 is 9.30 Å². The number of hydrogen-bond acceptors (Lipinski definition) is 3. The van der Waals surface area contributed by atoms with Crippen LogP contribution < -0.4 is 9.30 Å². The molecule has 2 aromatic heterocycles. The van der Waals surface area contributed by atoms with E-state index in [0.717, 1.165) is 25.3 Å². The lowest BCUT2D eigenvalue weighted by Crippen LogP contribution is -2.32. The largest absolute Gasteiger partial charge is 0.494 e. The van der Waals surface area contributed by atoms with Crippen molar-refractivity contribution in [1.29, 1.82) is 0 Å². The highest BCUT2D eigenvalue weighted by molar-refractivity contribution is 7.13. The highest BCUT2D eigenvalue weighted by atomic mass is 32.1. The van der Waals surface area contributed by atoms with Gasteiger partial charge in [0.1, 0.15) is 12.3 Å². The van der Waals surface area contributed by atoms with Crippen molar-refractivity contribution in [3.8, 4) is 16.2 Å². The molecule has 0 unspecified atom stereocenters. The van der Waals surface area contributed by atoms with Crippen molar-refractivity contribution in [2.75, 3.05) is 26.2 Å². The first-order chi connectivity index (χ1) is 13.9. The van der Waals surface area contributed by atoms with Crippen LogP contribution in [0.4, 0.5) is 0 Å². The number of pyridine rings is 1. The molecule has 1 aromatic carbocycles. The van der Waals surface area contributed by atoms with Crippen LogP contribution in [0.5, 0.6) is 5.75 Å². The summed E-state index contributed by atoms with van der Waals surface area (Å²) in [4.78, 5) is 3.94. The summed E-state index contributed by atoms with van der Waals surface area (Å²) in [7, 11) is 0. The maximum absolute atomic E-state index is 6.16. The number of aromatic nitrogens is 1. The predicted octanol–water partition coefficient (Wildman–Crippen LogP) is 5.06. The molecule has 3 nitrogen and oxygen atoms in total. The molecule has 0 atom stereocenters. The summed E-state index contributed by atoms with van der Waals surface area (Å²) in [5.74, 6) is 1.02. The fraction of sp³-hybridized carbons (Fsp3) is 0.458. The van der Waals surface area contributed by atoms with E-state index in [4.69, 9.17) is 4.74 Å². The lowest BCUT2D eigenvalue weighted by molar-refractivity contribution is -0.688. The molecule has 0 N–H and O–H groups in total. The Kier molecular flexibility index (Phi) is 5.32. The molecule has 2 aliphatic heterocycles. The van der Waals surface area contributed by atoms with Gasteiger partial charge in [-0.25, -0.2) is 4.57 Å². The zero-order chi connectivity index (χ0) is 18.8. The fourth-order valence-electron chi connectivity index (χ4n) is 4.73. The van der Waals surface area contributed by atoms with Crippen LogP contribution in [0.3, 0.4) is 0 Å². The van der Waals surface area contributed by atoms with Crippen LogP contribution in [0.1, 0.15) is 37.8 Å². The highest BCUT2D eigenvalue weighted by Gasteiger charge is 2.25. The third kappa shape index (κ3) is 3.68. The highest BCUT2D eigenvalue weighted by Crippen LogP contribution is 2.35. The number of nitrogens with zero attached hydrogens (tertiary/aromatic N) is 2. The van der Waals surface area contributed by atoms with Gasteiger partial charge in [0.25, 0.3) is 0 Å². The molecular formula is C24H29N2OS+. The number of thiophene rings is 1. The molecule has 3 aromatic rings. The summed E-state index contributed by atoms with van der Waals surface area (Å²) in [6.45, 7) is 5.64. The van der Waals surface area contributed by atoms with E-state index in [0.29, 0.717) is 0 Å². The number of likely N-dealkylation sites (tertiary alicyclic amines) is 1. The second-order valence-corrected chi connectivity index (χ2v) is 9.02. The van der Waals surface area contributed by atoms with Gasteiger partial charge in [-0.3, -0.25) is 0 Å². The Labute approximate surface area is 171 Å². The van der Waals surface area contributed by atoms with Crippen molar-refractivity contribution in [3.63, 3.8) is 0 Å². The molecule has 5 rings (SSSR count). The molecule has 28 heavy (non-hydrogen) atoms. The van der Waals surface area contributed by atoms with Crippen molar-refractivity contribution >= 4 is 22.1 Å². The lowest BCUT2D eigenvalue weighted by atomic mass is 10.0. The molecule has 4 heterocycles. The van der Waals surface area contributed by atoms with Gasteiger partial charge in [-0.2, -0.15) is 0 Å². The van der Waals surface area contributed by atoms with Crippen LogP contribution in [0.15, 0.2) is 41.9 Å². The zero-order valence-electron chi connectivity index (χ0n) is 16.5. The number of rotatable bonds is 6. The molecule has 0 amide bonds. The van der Waals surface area contributed by atoms with Crippen molar-refractivity contribution in [3.05, 3.63) is 47.6 Å². The first-order valence-corrected chi connectivity index (χ1v) is 11.6. The molecule has 0 radical (unpaired) electrons. The predicted molar refractivity (Wildman–Crippen MR) is 116 cm³/mol. The minimum Gasteiger partial charge on any atom is -0.494 e. The van der Waals surface area contributed by atoms with Crippen molar-refractivity contribution in [2.24, 2.45) is 0 Å². The number of hydrogen-bond donors (Lipinski definition) is 0. The van der Waals surface area contributed by atoms with E-state index in [1.165, 1.54) is 78.6 Å². The standard InChI is InChI=1S/C24H29N2OS/c1-2-11-25(12-3-1)13-6-15-27-19-9-10-20-21(17-19)23-7-4-14-26(23)18-22(20)24-8-5-16-28-24/h5,8-10,16-18H,1-4,6-7,11-15H2/q+1. The molecule has 0 bridgehead atoms. The van der Waals surface area contributed by atoms with Crippen LogP contribution in [0, 0.1) is 0 Å². The van der Waals surface area contributed by atoms with E-state index in [1.807, 2.05) is 11.3 Å². The van der Waals surface area contributed by atoms with E-state index in [-0.39, 0.29) is 0 Å². The monoisotopic (exact) mass is 393 g/mol. The summed E-state index contributed by atoms with van der Waals surface area (Å²) in [5.41, 5.74) is 2.82. The Hall–Kier alpha value is -1.91. The van der Waals surface area contributed by atoms with Crippen LogP contribution in [0.25, 0.3) is 21.2 Å². The molecule has 0 aliphatic carbocycles. The Morgan fingerprint density at radius 1 is 1.04 bits per heavy atom. The summed E-state index contributed by atoms with van der Waals surface area (Å²) in [6.07, 6.45) is 10.0. The second-order valence-electron chi connectivity index (χ2n) is 8.08. The van der Waals surface area contributed by atoms with E-state index < -0.39 is 0 Å². The minimum absolute atomic E-state index is 0.807. The maximum Gasteiger partial charge on any atom is 0.189 e. The summed E-state index contributed by atoms with van der Waals surface area (Å²) in [6, 6.07) is 11.1. The van der Waals surface area contributed by atoms with Crippen LogP contribution in [0.2, 0.25) is 0 Å². The molecule has 1 fully saturated rings. The minimum atomic E-state index is 0.807. The number of fused-ring (bicyclic) bond motifs is 3. The van der Waals surface area contributed by atoms with Gasteiger partial charge < -0.3 is 9.64 Å². The molecule has 146 valence electrons. The summed E-state index contributed by atoms with van der Waals surface area (Å²) >= 11 is 1.82. The van der Waals surface area contributed by atoms with Gasteiger partial charge in [-0.05, 0) is 62.0 Å². The Morgan fingerprint density at radius 2 is 1.96 bits per heavy atom. The Balaban J connectivity index is 1.35. The van der Waals surface area contributed by atoms with E-state index in [2.05, 4.69) is 51.4 Å². The maximum atomic E-state index is 6.16. The molecule has 2 aliphatic rings. The normalized spacial score (nSPS) is 17.1. The van der Waals surface area contributed by atoms with Crippen LogP contribution in [-0.4, -0.2) is 31.1 Å². The van der Waals surface area contributed by atoms with E-state index in [9.17, 15) is 0 Å². The van der Waals surface area contributed by atoms with Gasteiger partial charge in [0.15, 0.2) is 11.9 Å². The average molecular weight is 394 g/mol. The fourth-order valence-corrected chi connectivity index (χ4v) is 5.48. The van der Waals surface area contributed by atoms with Crippen LogP contribution >= 0.6 is 11.3 Å². The quantitative estimate of drug-likeness (QED) is 0.430. The second kappa shape index (κ2) is 8.22. The van der Waals surface area contributed by atoms with Gasteiger partial charge in [-0.15, -0.1) is 11.3 Å². The average Bonchev–Trinajstić information content (AvgIpc) is 3.43. The number of aryl methyl sites for hydroxylation is 2. The Bertz CT molecular complexity index is 945. The van der Waals surface area contributed by atoms with Crippen molar-refractivity contribution in [2.45, 2.75) is 45.1 Å².